The van der Waals surface area contributed by atoms with Crippen LogP contribution in [0.4, 0.5) is 0 Å². The van der Waals surface area contributed by atoms with Gasteiger partial charge in [0.2, 0.25) is 15.9 Å². The number of hydrogen-bond acceptors (Lipinski definition) is 4. The number of sulfonamides is 1. The van der Waals surface area contributed by atoms with E-state index in [2.05, 4.69) is 5.32 Å². The third-order valence-electron chi connectivity index (χ3n) is 3.16. The molecule has 7 heteroatoms. The van der Waals surface area contributed by atoms with Crippen molar-refractivity contribution in [2.75, 3.05) is 25.4 Å². The molecule has 0 aromatic carbocycles. The van der Waals surface area contributed by atoms with Crippen molar-refractivity contribution in [3.05, 3.63) is 0 Å². The Morgan fingerprint density at radius 1 is 1.30 bits per heavy atom. The van der Waals surface area contributed by atoms with Gasteiger partial charge in [0.15, 0.2) is 0 Å². The average Bonchev–Trinajstić information content (AvgIpc) is 2.27. The Labute approximate surface area is 123 Å². The van der Waals surface area contributed by atoms with Crippen LogP contribution in [0.5, 0.6) is 0 Å². The van der Waals surface area contributed by atoms with Crippen LogP contribution in [-0.4, -0.2) is 49.6 Å². The molecule has 0 aromatic rings. The third-order valence-corrected chi connectivity index (χ3v) is 5.09. The molecule has 0 heterocycles. The summed E-state index contributed by atoms with van der Waals surface area (Å²) < 4.78 is 25.4. The van der Waals surface area contributed by atoms with Crippen molar-refractivity contribution in [1.82, 2.24) is 9.62 Å². The van der Waals surface area contributed by atoms with Crippen LogP contribution in [0, 0.1) is 5.92 Å². The zero-order valence-corrected chi connectivity index (χ0v) is 14.1. The summed E-state index contributed by atoms with van der Waals surface area (Å²) in [6, 6.07) is 0. The first-order valence-corrected chi connectivity index (χ1v) is 8.70. The lowest BCUT2D eigenvalue weighted by atomic mass is 9.91. The maximum absolute atomic E-state index is 12.0. The van der Waals surface area contributed by atoms with E-state index >= 15 is 0 Å². The highest BCUT2D eigenvalue weighted by Crippen LogP contribution is 2.15. The van der Waals surface area contributed by atoms with Gasteiger partial charge in [-0.3, -0.25) is 4.79 Å². The van der Waals surface area contributed by atoms with Crippen molar-refractivity contribution in [2.24, 2.45) is 11.7 Å². The van der Waals surface area contributed by atoms with E-state index < -0.39 is 27.2 Å². The lowest BCUT2D eigenvalue weighted by Crippen LogP contribution is -2.54. The Balaban J connectivity index is 4.78. The average molecular weight is 307 g/mol. The van der Waals surface area contributed by atoms with E-state index in [-0.39, 0.29) is 6.54 Å². The number of amides is 1. The Morgan fingerprint density at radius 2 is 1.80 bits per heavy atom. The van der Waals surface area contributed by atoms with E-state index in [4.69, 9.17) is 5.73 Å². The second-order valence-corrected chi connectivity index (χ2v) is 7.72. The first-order chi connectivity index (χ1) is 9.10. The lowest BCUT2D eigenvalue weighted by molar-refractivity contribution is -0.120. The first kappa shape index (κ1) is 19.3. The van der Waals surface area contributed by atoms with Crippen LogP contribution in [0.1, 0.15) is 41.0 Å². The lowest BCUT2D eigenvalue weighted by Gasteiger charge is -2.31. The maximum atomic E-state index is 12.0. The molecule has 20 heavy (non-hydrogen) atoms. The minimum absolute atomic E-state index is 0.280. The van der Waals surface area contributed by atoms with Crippen LogP contribution in [0.2, 0.25) is 0 Å². The van der Waals surface area contributed by atoms with Crippen LogP contribution in [-0.2, 0) is 14.8 Å². The molecule has 0 aliphatic heterocycles. The predicted molar refractivity (Wildman–Crippen MR) is 81.8 cm³/mol. The first-order valence-electron chi connectivity index (χ1n) is 7.09. The number of carbonyl (C=O) groups is 1. The molecule has 6 nitrogen and oxygen atoms in total. The van der Waals surface area contributed by atoms with Crippen molar-refractivity contribution < 1.29 is 13.2 Å². The number of nitrogens with zero attached hydrogens (tertiary/aromatic N) is 1. The second-order valence-electron chi connectivity index (χ2n) is 5.75. The normalized spacial score (nSPS) is 15.4. The molecule has 120 valence electrons. The van der Waals surface area contributed by atoms with Gasteiger partial charge in [0.1, 0.15) is 5.75 Å². The molecule has 0 rings (SSSR count). The van der Waals surface area contributed by atoms with E-state index in [1.54, 1.807) is 13.8 Å². The molecule has 1 unspecified atom stereocenters. The minimum Gasteiger partial charge on any atom is -0.349 e. The van der Waals surface area contributed by atoms with Crippen LogP contribution >= 0.6 is 0 Å². The molecule has 0 aromatic heterocycles. The van der Waals surface area contributed by atoms with Crippen molar-refractivity contribution >= 4 is 15.9 Å². The van der Waals surface area contributed by atoms with E-state index in [9.17, 15) is 13.2 Å². The maximum Gasteiger partial charge on any atom is 0.237 e. The highest BCUT2D eigenvalue weighted by Gasteiger charge is 2.29. The molecule has 0 radical (unpaired) electrons. The monoisotopic (exact) mass is 307 g/mol. The van der Waals surface area contributed by atoms with Crippen LogP contribution < -0.4 is 11.1 Å². The minimum atomic E-state index is -3.55. The predicted octanol–water partition coefficient (Wildman–Crippen LogP) is 0.538. The van der Waals surface area contributed by atoms with Gasteiger partial charge >= 0.3 is 0 Å². The van der Waals surface area contributed by atoms with Crippen molar-refractivity contribution in [3.63, 3.8) is 0 Å². The topological polar surface area (TPSA) is 92.5 Å². The highest BCUT2D eigenvalue weighted by atomic mass is 32.2. The largest absolute Gasteiger partial charge is 0.349 e. The summed E-state index contributed by atoms with van der Waals surface area (Å²) >= 11 is 0. The van der Waals surface area contributed by atoms with Crippen LogP contribution in [0.3, 0.4) is 0 Å². The summed E-state index contributed by atoms with van der Waals surface area (Å²) in [5.74, 6) is -0.656. The van der Waals surface area contributed by atoms with Crippen molar-refractivity contribution in [3.8, 4) is 0 Å². The summed E-state index contributed by atoms with van der Waals surface area (Å²) in [5, 5.41) is 2.76. The van der Waals surface area contributed by atoms with E-state index in [1.807, 2.05) is 20.8 Å². The molecule has 0 aliphatic carbocycles. The Bertz CT molecular complexity index is 405. The molecule has 0 fully saturated rings. The molecule has 1 amide bonds. The van der Waals surface area contributed by atoms with Gasteiger partial charge in [-0.05, 0) is 19.3 Å². The molecular weight excluding hydrogens is 278 g/mol. The summed E-state index contributed by atoms with van der Waals surface area (Å²) in [7, 11) is -3.55. The van der Waals surface area contributed by atoms with Gasteiger partial charge in [0, 0.05) is 25.2 Å². The molecule has 3 N–H and O–H groups in total. The van der Waals surface area contributed by atoms with Gasteiger partial charge < -0.3 is 11.1 Å². The summed E-state index contributed by atoms with van der Waals surface area (Å²) in [4.78, 5) is 12.0. The van der Waals surface area contributed by atoms with Crippen LogP contribution in [0.25, 0.3) is 0 Å². The van der Waals surface area contributed by atoms with Gasteiger partial charge in [-0.2, -0.15) is 0 Å². The summed E-state index contributed by atoms with van der Waals surface area (Å²) in [6.07, 6.45) is 0.709. The SMILES string of the molecule is CCN(CC)S(=O)(=O)CC(=O)NC(C)(CN)CC(C)C. The van der Waals surface area contributed by atoms with Gasteiger partial charge in [-0.1, -0.05) is 27.7 Å². The van der Waals surface area contributed by atoms with Gasteiger partial charge in [0.05, 0.1) is 0 Å². The van der Waals surface area contributed by atoms with Gasteiger partial charge in [-0.15, -0.1) is 0 Å². The Kier molecular flexibility index (Phi) is 7.69. The van der Waals surface area contributed by atoms with E-state index in [1.165, 1.54) is 4.31 Å². The van der Waals surface area contributed by atoms with Crippen molar-refractivity contribution in [2.45, 2.75) is 46.6 Å². The fourth-order valence-electron chi connectivity index (χ4n) is 2.33. The van der Waals surface area contributed by atoms with Gasteiger partial charge in [-0.25, -0.2) is 12.7 Å². The molecule has 0 aliphatic rings. The molecule has 0 bridgehead atoms. The molecule has 0 saturated heterocycles. The molecule has 0 spiro atoms. The summed E-state index contributed by atoms with van der Waals surface area (Å²) in [6.45, 7) is 10.4. The zero-order valence-electron chi connectivity index (χ0n) is 13.3. The Hall–Kier alpha value is -0.660. The number of nitrogens with one attached hydrogen (secondary N) is 1. The smallest absolute Gasteiger partial charge is 0.237 e. The number of carbonyl (C=O) groups excluding carboxylic acids is 1. The Morgan fingerprint density at radius 3 is 2.15 bits per heavy atom. The highest BCUT2D eigenvalue weighted by molar-refractivity contribution is 7.89. The number of hydrogen-bond donors (Lipinski definition) is 2. The van der Waals surface area contributed by atoms with Gasteiger partial charge in [0.25, 0.3) is 0 Å². The van der Waals surface area contributed by atoms with Crippen LogP contribution in [0.15, 0.2) is 0 Å². The standard InChI is InChI=1S/C13H29N3O3S/c1-6-16(7-2)20(18,19)9-12(17)15-13(5,10-14)8-11(3)4/h11H,6-10,14H2,1-5H3,(H,15,17). The molecule has 0 saturated carbocycles. The fraction of sp³-hybridized carbons (Fsp3) is 0.923. The quantitative estimate of drug-likeness (QED) is 0.650. The molecular formula is C13H29N3O3S. The van der Waals surface area contributed by atoms with E-state index in [0.717, 1.165) is 0 Å². The third kappa shape index (κ3) is 6.19. The molecule has 1 atom stereocenters. The number of nitrogens with two attached hydrogens (primary N) is 1. The summed E-state index contributed by atoms with van der Waals surface area (Å²) in [5.41, 5.74) is 5.14. The van der Waals surface area contributed by atoms with Crippen molar-refractivity contribution in [1.29, 1.82) is 0 Å². The zero-order chi connectivity index (χ0) is 16.0. The number of rotatable bonds is 9. The van der Waals surface area contributed by atoms with E-state index in [0.29, 0.717) is 25.4 Å². The second kappa shape index (κ2) is 7.95. The fourth-order valence-corrected chi connectivity index (χ4v) is 3.71.